The van der Waals surface area contributed by atoms with Crippen LogP contribution in [0.3, 0.4) is 0 Å². The Kier molecular flexibility index (Phi) is 2.77. The van der Waals surface area contributed by atoms with Crippen molar-refractivity contribution in [1.29, 1.82) is 0 Å². The second-order valence-electron chi connectivity index (χ2n) is 5.06. The number of carboxylic acid groups (broad SMARTS) is 1. The van der Waals surface area contributed by atoms with E-state index in [0.717, 1.165) is 12.0 Å². The number of tetrazole rings is 1. The van der Waals surface area contributed by atoms with Gasteiger partial charge < -0.3 is 5.11 Å². The highest BCUT2D eigenvalue weighted by molar-refractivity contribution is 5.79. The maximum absolute atomic E-state index is 13.4. The Hall–Kier alpha value is -2.31. The van der Waals surface area contributed by atoms with Crippen molar-refractivity contribution in [3.05, 3.63) is 29.6 Å². The number of rotatable bonds is 3. The van der Waals surface area contributed by atoms with Gasteiger partial charge in [-0.1, -0.05) is 6.07 Å². The summed E-state index contributed by atoms with van der Waals surface area (Å²) in [7, 11) is 0. The van der Waals surface area contributed by atoms with E-state index in [0.29, 0.717) is 24.2 Å². The van der Waals surface area contributed by atoms with Crippen molar-refractivity contribution in [2.24, 2.45) is 0 Å². The topological polar surface area (TPSA) is 80.9 Å². The monoisotopic (exact) mass is 276 g/mol. The minimum absolute atomic E-state index is 0.295. The Bertz CT molecular complexity index is 679. The molecule has 0 amide bonds. The fraction of sp³-hybridized carbons (Fsp3) is 0.385. The first-order valence-corrected chi connectivity index (χ1v) is 6.33. The fourth-order valence-corrected chi connectivity index (χ4v) is 2.51. The van der Waals surface area contributed by atoms with Crippen LogP contribution in [0, 0.1) is 12.7 Å². The normalized spacial score (nSPS) is 16.7. The molecule has 1 aromatic carbocycles. The summed E-state index contributed by atoms with van der Waals surface area (Å²) in [5.74, 6) is -1.06. The van der Waals surface area contributed by atoms with Gasteiger partial charge in [-0.15, -0.1) is 5.10 Å². The molecule has 1 N–H and O–H groups in total. The zero-order valence-electron chi connectivity index (χ0n) is 10.9. The van der Waals surface area contributed by atoms with Gasteiger partial charge in [0, 0.05) is 5.56 Å². The Balaban J connectivity index is 2.16. The fourth-order valence-electron chi connectivity index (χ4n) is 2.51. The summed E-state index contributed by atoms with van der Waals surface area (Å²) < 4.78 is 14.7. The first-order valence-electron chi connectivity index (χ1n) is 6.33. The van der Waals surface area contributed by atoms with Crippen molar-refractivity contribution in [2.45, 2.75) is 31.7 Å². The maximum atomic E-state index is 13.4. The molecule has 1 aliphatic rings. The molecule has 3 rings (SSSR count). The third-order valence-electron chi connectivity index (χ3n) is 3.89. The highest BCUT2D eigenvalue weighted by Crippen LogP contribution is 2.41. The lowest BCUT2D eigenvalue weighted by Crippen LogP contribution is -2.48. The average molecular weight is 276 g/mol. The average Bonchev–Trinajstić information content (AvgIpc) is 2.80. The summed E-state index contributed by atoms with van der Waals surface area (Å²) in [5, 5.41) is 20.8. The molecule has 1 saturated carbocycles. The van der Waals surface area contributed by atoms with Gasteiger partial charge in [-0.2, -0.15) is 0 Å². The summed E-state index contributed by atoms with van der Waals surface area (Å²) in [4.78, 5) is 11.5. The van der Waals surface area contributed by atoms with E-state index in [4.69, 9.17) is 0 Å². The van der Waals surface area contributed by atoms with Crippen molar-refractivity contribution >= 4 is 5.97 Å². The summed E-state index contributed by atoms with van der Waals surface area (Å²) >= 11 is 0. The standard InChI is InChI=1S/C13H13FN4O2/c1-8-3-4-9(14)7-10(8)11-15-16-17-18(11)13(12(19)20)5-2-6-13/h3-4,7H,2,5-6H2,1H3,(H,19,20). The summed E-state index contributed by atoms with van der Waals surface area (Å²) in [5.41, 5.74) is 0.210. The molecule has 1 heterocycles. The number of benzene rings is 1. The van der Waals surface area contributed by atoms with Gasteiger partial charge in [0.05, 0.1) is 0 Å². The van der Waals surface area contributed by atoms with Crippen LogP contribution in [0.5, 0.6) is 0 Å². The van der Waals surface area contributed by atoms with Crippen LogP contribution in [-0.2, 0) is 10.3 Å². The Morgan fingerprint density at radius 3 is 2.80 bits per heavy atom. The van der Waals surface area contributed by atoms with Gasteiger partial charge in [-0.3, -0.25) is 0 Å². The van der Waals surface area contributed by atoms with Crippen molar-refractivity contribution in [3.63, 3.8) is 0 Å². The number of hydrogen-bond donors (Lipinski definition) is 1. The minimum atomic E-state index is -1.10. The molecular formula is C13H13FN4O2. The van der Waals surface area contributed by atoms with E-state index in [1.165, 1.54) is 16.8 Å². The third kappa shape index (κ3) is 1.70. The summed E-state index contributed by atoms with van der Waals surface area (Å²) in [6, 6.07) is 4.30. The molecule has 2 aromatic rings. The number of aliphatic carboxylic acids is 1. The van der Waals surface area contributed by atoms with Crippen LogP contribution in [0.1, 0.15) is 24.8 Å². The predicted octanol–water partition coefficient (Wildman–Crippen LogP) is 1.75. The van der Waals surface area contributed by atoms with Gasteiger partial charge >= 0.3 is 5.97 Å². The van der Waals surface area contributed by atoms with Gasteiger partial charge in [0.1, 0.15) is 5.82 Å². The molecule has 0 radical (unpaired) electrons. The Morgan fingerprint density at radius 1 is 1.45 bits per heavy atom. The van der Waals surface area contributed by atoms with Crippen LogP contribution in [0.25, 0.3) is 11.4 Å². The molecular weight excluding hydrogens is 263 g/mol. The van der Waals surface area contributed by atoms with E-state index in [-0.39, 0.29) is 0 Å². The molecule has 1 aliphatic carbocycles. The van der Waals surface area contributed by atoms with E-state index < -0.39 is 17.3 Å². The number of aromatic nitrogens is 4. The van der Waals surface area contributed by atoms with E-state index in [1.54, 1.807) is 6.07 Å². The molecule has 6 nitrogen and oxygen atoms in total. The second kappa shape index (κ2) is 4.36. The van der Waals surface area contributed by atoms with Gasteiger partial charge in [0.15, 0.2) is 11.4 Å². The number of hydrogen-bond acceptors (Lipinski definition) is 4. The molecule has 104 valence electrons. The molecule has 0 aliphatic heterocycles. The van der Waals surface area contributed by atoms with Gasteiger partial charge in [-0.25, -0.2) is 13.9 Å². The molecule has 1 aromatic heterocycles. The van der Waals surface area contributed by atoms with Gasteiger partial charge in [-0.05, 0) is 54.3 Å². The summed E-state index contributed by atoms with van der Waals surface area (Å²) in [6.07, 6.45) is 1.78. The van der Waals surface area contributed by atoms with Crippen LogP contribution in [-0.4, -0.2) is 31.3 Å². The maximum Gasteiger partial charge on any atom is 0.331 e. The first kappa shape index (κ1) is 12.7. The van der Waals surface area contributed by atoms with Crippen LogP contribution >= 0.6 is 0 Å². The number of halogens is 1. The van der Waals surface area contributed by atoms with Gasteiger partial charge in [0.2, 0.25) is 0 Å². The van der Waals surface area contributed by atoms with E-state index >= 15 is 0 Å². The van der Waals surface area contributed by atoms with E-state index in [1.807, 2.05) is 6.92 Å². The van der Waals surface area contributed by atoms with Crippen LogP contribution in [0.4, 0.5) is 4.39 Å². The highest BCUT2D eigenvalue weighted by Gasteiger charge is 2.49. The van der Waals surface area contributed by atoms with Gasteiger partial charge in [0.25, 0.3) is 0 Å². The Morgan fingerprint density at radius 2 is 2.20 bits per heavy atom. The van der Waals surface area contributed by atoms with E-state index in [9.17, 15) is 14.3 Å². The number of carboxylic acids is 1. The second-order valence-corrected chi connectivity index (χ2v) is 5.06. The largest absolute Gasteiger partial charge is 0.479 e. The lowest BCUT2D eigenvalue weighted by molar-refractivity contribution is -0.153. The van der Waals surface area contributed by atoms with Crippen molar-refractivity contribution in [3.8, 4) is 11.4 Å². The molecule has 20 heavy (non-hydrogen) atoms. The molecule has 0 unspecified atom stereocenters. The third-order valence-corrected chi connectivity index (χ3v) is 3.89. The number of aryl methyl sites for hydroxylation is 1. The molecule has 1 fully saturated rings. The van der Waals surface area contributed by atoms with Crippen molar-refractivity contribution in [2.75, 3.05) is 0 Å². The predicted molar refractivity (Wildman–Crippen MR) is 67.4 cm³/mol. The van der Waals surface area contributed by atoms with Crippen LogP contribution < -0.4 is 0 Å². The number of carbonyl (C=O) groups is 1. The van der Waals surface area contributed by atoms with Crippen LogP contribution in [0.15, 0.2) is 18.2 Å². The molecule has 0 saturated heterocycles. The molecule has 0 spiro atoms. The highest BCUT2D eigenvalue weighted by atomic mass is 19.1. The zero-order chi connectivity index (χ0) is 14.3. The molecule has 0 atom stereocenters. The SMILES string of the molecule is Cc1ccc(F)cc1-c1nnnn1C1(C(=O)O)CCC1. The minimum Gasteiger partial charge on any atom is -0.479 e. The number of nitrogens with zero attached hydrogens (tertiary/aromatic N) is 4. The van der Waals surface area contributed by atoms with Crippen molar-refractivity contribution in [1.82, 2.24) is 20.2 Å². The smallest absolute Gasteiger partial charge is 0.331 e. The zero-order valence-corrected chi connectivity index (χ0v) is 10.9. The lowest BCUT2D eigenvalue weighted by Gasteiger charge is -2.37. The van der Waals surface area contributed by atoms with Crippen molar-refractivity contribution < 1.29 is 14.3 Å². The first-order chi connectivity index (χ1) is 9.54. The quantitative estimate of drug-likeness (QED) is 0.923. The molecule has 7 heteroatoms. The van der Waals surface area contributed by atoms with Crippen LogP contribution in [0.2, 0.25) is 0 Å². The molecule has 0 bridgehead atoms. The summed E-state index contributed by atoms with van der Waals surface area (Å²) in [6.45, 7) is 1.81. The lowest BCUT2D eigenvalue weighted by atomic mass is 9.76. The Labute approximate surface area is 114 Å². The van der Waals surface area contributed by atoms with E-state index in [2.05, 4.69) is 15.5 Å².